The van der Waals surface area contributed by atoms with Crippen LogP contribution in [0, 0.1) is 10.1 Å². The number of nitro benzene ring substituents is 1. The first kappa shape index (κ1) is 25.7. The summed E-state index contributed by atoms with van der Waals surface area (Å²) in [5.41, 5.74) is 0.645. The van der Waals surface area contributed by atoms with E-state index in [1.807, 2.05) is 0 Å². The Balaban J connectivity index is 1.99. The van der Waals surface area contributed by atoms with Gasteiger partial charge in [0.15, 0.2) is 8.32 Å². The first-order valence-electron chi connectivity index (χ1n) is 10.4. The average Bonchev–Trinajstić information content (AvgIpc) is 3.48. The van der Waals surface area contributed by atoms with E-state index in [9.17, 15) is 18.5 Å². The molecule has 1 aliphatic heterocycles. The molecular formula is C21H34N2O6SSi. The van der Waals surface area contributed by atoms with E-state index < -0.39 is 23.3 Å². The SMILES string of the molecule is C=C(CCCO[Si](C)(C)C(C)(C)C)CN(CC1CO1)S(=O)(=O)c1ccc([N+](=O)[O-])cc1. The van der Waals surface area contributed by atoms with E-state index in [-0.39, 0.29) is 34.8 Å². The summed E-state index contributed by atoms with van der Waals surface area (Å²) in [5.74, 6) is 0. The number of sulfonamides is 1. The minimum absolute atomic E-state index is 0.0211. The van der Waals surface area contributed by atoms with Crippen molar-refractivity contribution in [1.82, 2.24) is 4.31 Å². The van der Waals surface area contributed by atoms with E-state index in [1.165, 1.54) is 28.6 Å². The Morgan fingerprint density at radius 2 is 1.90 bits per heavy atom. The molecule has 1 saturated heterocycles. The Labute approximate surface area is 186 Å². The first-order chi connectivity index (χ1) is 14.2. The van der Waals surface area contributed by atoms with Crippen LogP contribution in [0.2, 0.25) is 18.1 Å². The predicted molar refractivity (Wildman–Crippen MR) is 123 cm³/mol. The molecule has 0 amide bonds. The minimum atomic E-state index is -3.82. The molecule has 174 valence electrons. The molecule has 1 atom stereocenters. The Morgan fingerprint density at radius 3 is 2.39 bits per heavy atom. The van der Waals surface area contributed by atoms with Crippen LogP contribution in [0.4, 0.5) is 5.69 Å². The molecule has 31 heavy (non-hydrogen) atoms. The van der Waals surface area contributed by atoms with Crippen molar-refractivity contribution in [1.29, 1.82) is 0 Å². The summed E-state index contributed by atoms with van der Waals surface area (Å²) >= 11 is 0. The van der Waals surface area contributed by atoms with Crippen molar-refractivity contribution < 1.29 is 22.5 Å². The van der Waals surface area contributed by atoms with E-state index in [1.54, 1.807) is 0 Å². The largest absolute Gasteiger partial charge is 0.417 e. The Bertz CT molecular complexity index is 889. The van der Waals surface area contributed by atoms with Crippen molar-refractivity contribution in [3.8, 4) is 0 Å². The number of hydrogen-bond donors (Lipinski definition) is 0. The molecule has 1 aromatic rings. The molecule has 2 rings (SSSR count). The number of nitrogens with zero attached hydrogens (tertiary/aromatic N) is 2. The fourth-order valence-electron chi connectivity index (χ4n) is 2.73. The van der Waals surface area contributed by atoms with Gasteiger partial charge in [0.25, 0.3) is 5.69 Å². The van der Waals surface area contributed by atoms with E-state index in [2.05, 4.69) is 40.4 Å². The minimum Gasteiger partial charge on any atom is -0.417 e. The van der Waals surface area contributed by atoms with Crippen LogP contribution in [0.25, 0.3) is 0 Å². The van der Waals surface area contributed by atoms with Gasteiger partial charge < -0.3 is 9.16 Å². The number of nitro groups is 1. The third-order valence-electron chi connectivity index (χ3n) is 5.84. The van der Waals surface area contributed by atoms with Crippen molar-refractivity contribution in [2.75, 3.05) is 26.3 Å². The van der Waals surface area contributed by atoms with Crippen LogP contribution in [0.3, 0.4) is 0 Å². The highest BCUT2D eigenvalue weighted by Crippen LogP contribution is 2.36. The molecule has 0 saturated carbocycles. The fourth-order valence-corrected chi connectivity index (χ4v) is 5.31. The number of non-ortho nitro benzene ring substituents is 1. The van der Waals surface area contributed by atoms with Gasteiger partial charge in [-0.3, -0.25) is 10.1 Å². The standard InChI is InChI=1S/C21H34N2O6SSi/c1-17(8-7-13-29-31(5,6)21(2,3)4)14-22(15-19-16-28-19)30(26,27)20-11-9-18(10-12-20)23(24)25/h9-12,19H,1,7-8,13-16H2,2-6H3. The normalized spacial score (nSPS) is 17.0. The van der Waals surface area contributed by atoms with E-state index >= 15 is 0 Å². The molecule has 1 unspecified atom stereocenters. The zero-order valence-electron chi connectivity index (χ0n) is 19.1. The highest BCUT2D eigenvalue weighted by Gasteiger charge is 2.37. The molecule has 1 fully saturated rings. The van der Waals surface area contributed by atoms with Gasteiger partial charge in [-0.05, 0) is 43.1 Å². The van der Waals surface area contributed by atoms with E-state index in [0.717, 1.165) is 12.0 Å². The molecule has 8 nitrogen and oxygen atoms in total. The molecule has 0 aromatic heterocycles. The molecule has 10 heteroatoms. The second-order valence-electron chi connectivity index (χ2n) is 9.47. The third-order valence-corrected chi connectivity index (χ3v) is 12.2. The maximum absolute atomic E-state index is 13.1. The van der Waals surface area contributed by atoms with Crippen LogP contribution in [0.1, 0.15) is 33.6 Å². The maximum Gasteiger partial charge on any atom is 0.269 e. The molecule has 1 aliphatic rings. The summed E-state index contributed by atoms with van der Waals surface area (Å²) in [7, 11) is -5.63. The smallest absolute Gasteiger partial charge is 0.269 e. The quantitative estimate of drug-likeness (QED) is 0.112. The van der Waals surface area contributed by atoms with Gasteiger partial charge in [-0.25, -0.2) is 8.42 Å². The molecule has 0 spiro atoms. The van der Waals surface area contributed by atoms with Gasteiger partial charge in [-0.15, -0.1) is 0 Å². The lowest BCUT2D eigenvalue weighted by Gasteiger charge is -2.36. The average molecular weight is 471 g/mol. The molecule has 0 N–H and O–H groups in total. The summed E-state index contributed by atoms with van der Waals surface area (Å²) in [6.45, 7) is 16.6. The Kier molecular flexibility index (Phi) is 8.20. The van der Waals surface area contributed by atoms with Crippen molar-refractivity contribution >= 4 is 24.0 Å². The molecule has 0 radical (unpaired) electrons. The summed E-state index contributed by atoms with van der Waals surface area (Å²) in [5, 5.41) is 11.0. The van der Waals surface area contributed by atoms with Crippen LogP contribution >= 0.6 is 0 Å². The highest BCUT2D eigenvalue weighted by molar-refractivity contribution is 7.89. The topological polar surface area (TPSA) is 102 Å². The van der Waals surface area contributed by atoms with Gasteiger partial charge in [0.2, 0.25) is 10.0 Å². The number of rotatable bonds is 12. The maximum atomic E-state index is 13.1. The van der Waals surface area contributed by atoms with E-state index in [4.69, 9.17) is 9.16 Å². The van der Waals surface area contributed by atoms with Gasteiger partial charge in [0.1, 0.15) is 0 Å². The van der Waals surface area contributed by atoms with Crippen LogP contribution in [-0.4, -0.2) is 58.4 Å². The van der Waals surface area contributed by atoms with Gasteiger partial charge in [-0.1, -0.05) is 32.9 Å². The summed E-state index contributed by atoms with van der Waals surface area (Å²) < 4.78 is 39.0. The first-order valence-corrected chi connectivity index (χ1v) is 14.8. The number of hydrogen-bond acceptors (Lipinski definition) is 6. The van der Waals surface area contributed by atoms with Crippen molar-refractivity contribution in [2.24, 2.45) is 0 Å². The number of epoxide rings is 1. The van der Waals surface area contributed by atoms with Crippen molar-refractivity contribution in [3.05, 3.63) is 46.5 Å². The summed E-state index contributed by atoms with van der Waals surface area (Å²) in [6.07, 6.45) is 1.31. The van der Waals surface area contributed by atoms with Gasteiger partial charge in [-0.2, -0.15) is 4.31 Å². The number of benzene rings is 1. The summed E-state index contributed by atoms with van der Waals surface area (Å²) in [6, 6.07) is 4.94. The van der Waals surface area contributed by atoms with Crippen LogP contribution in [-0.2, 0) is 19.2 Å². The molecule has 1 heterocycles. The second-order valence-corrected chi connectivity index (χ2v) is 16.2. The van der Waals surface area contributed by atoms with Gasteiger partial charge in [0, 0.05) is 31.8 Å². The van der Waals surface area contributed by atoms with E-state index in [0.29, 0.717) is 19.6 Å². The van der Waals surface area contributed by atoms with Gasteiger partial charge >= 0.3 is 0 Å². The van der Waals surface area contributed by atoms with Gasteiger partial charge in [0.05, 0.1) is 22.5 Å². The van der Waals surface area contributed by atoms with Crippen LogP contribution in [0.15, 0.2) is 41.3 Å². The third kappa shape index (κ3) is 7.21. The molecule has 0 bridgehead atoms. The lowest BCUT2D eigenvalue weighted by Crippen LogP contribution is -2.41. The second kappa shape index (κ2) is 9.91. The van der Waals surface area contributed by atoms with Crippen molar-refractivity contribution in [2.45, 2.75) is 62.7 Å². The van der Waals surface area contributed by atoms with Crippen LogP contribution in [0.5, 0.6) is 0 Å². The lowest BCUT2D eigenvalue weighted by molar-refractivity contribution is -0.384. The zero-order chi connectivity index (χ0) is 23.4. The zero-order valence-corrected chi connectivity index (χ0v) is 20.9. The fraction of sp³-hybridized carbons (Fsp3) is 0.619. The highest BCUT2D eigenvalue weighted by atomic mass is 32.2. The summed E-state index contributed by atoms with van der Waals surface area (Å²) in [4.78, 5) is 10.3. The Hall–Kier alpha value is -1.59. The molecule has 0 aliphatic carbocycles. The monoisotopic (exact) mass is 470 g/mol. The lowest BCUT2D eigenvalue weighted by atomic mass is 10.2. The predicted octanol–water partition coefficient (Wildman–Crippen LogP) is 4.34. The van der Waals surface area contributed by atoms with Crippen LogP contribution < -0.4 is 0 Å². The number of ether oxygens (including phenoxy) is 1. The van der Waals surface area contributed by atoms with Crippen molar-refractivity contribution in [3.63, 3.8) is 0 Å². The Morgan fingerprint density at radius 1 is 1.32 bits per heavy atom. The molecule has 1 aromatic carbocycles. The molecular weight excluding hydrogens is 436 g/mol.